The Bertz CT molecular complexity index is 632. The average molecular weight is 323 g/mol. The van der Waals surface area contributed by atoms with Crippen LogP contribution in [0.4, 0.5) is 0 Å². The van der Waals surface area contributed by atoms with E-state index in [1.165, 1.54) is 25.7 Å². The van der Waals surface area contributed by atoms with E-state index in [4.69, 9.17) is 15.2 Å². The Morgan fingerprint density at radius 1 is 0.792 bits per heavy atom. The summed E-state index contributed by atoms with van der Waals surface area (Å²) in [6.45, 7) is 1.65. The second kappa shape index (κ2) is 6.86. The fourth-order valence-corrected chi connectivity index (χ4v) is 2.79. The van der Waals surface area contributed by atoms with Gasteiger partial charge in [0.2, 0.25) is 0 Å². The van der Waals surface area contributed by atoms with Crippen molar-refractivity contribution in [1.29, 1.82) is 0 Å². The second-order valence-electron chi connectivity index (χ2n) is 7.13. The summed E-state index contributed by atoms with van der Waals surface area (Å²) in [6, 6.07) is 16.1. The molecule has 2 aliphatic carbocycles. The highest BCUT2D eigenvalue weighted by molar-refractivity contribution is 5.39. The zero-order valence-electron chi connectivity index (χ0n) is 14.0. The molecule has 3 heteroatoms. The van der Waals surface area contributed by atoms with Gasteiger partial charge in [0.1, 0.15) is 11.5 Å². The van der Waals surface area contributed by atoms with E-state index in [9.17, 15) is 0 Å². The van der Waals surface area contributed by atoms with Crippen molar-refractivity contribution in [3.8, 4) is 11.5 Å². The molecule has 3 nitrogen and oxygen atoms in total. The SMILES string of the molecule is NC(c1cccc(OCC2CC2)c1)c1cccc(OCC2CC2)c1. The van der Waals surface area contributed by atoms with Gasteiger partial charge in [0.05, 0.1) is 19.3 Å². The normalized spacial score (nSPS) is 17.1. The first kappa shape index (κ1) is 15.5. The van der Waals surface area contributed by atoms with Crippen molar-refractivity contribution in [3.63, 3.8) is 0 Å². The number of rotatable bonds is 8. The highest BCUT2D eigenvalue weighted by Gasteiger charge is 2.23. The molecule has 0 atom stereocenters. The van der Waals surface area contributed by atoms with Crippen molar-refractivity contribution in [3.05, 3.63) is 59.7 Å². The van der Waals surface area contributed by atoms with Gasteiger partial charge in [0, 0.05) is 0 Å². The molecule has 4 rings (SSSR count). The summed E-state index contributed by atoms with van der Waals surface area (Å²) in [5.74, 6) is 3.33. The summed E-state index contributed by atoms with van der Waals surface area (Å²) in [6.07, 6.45) is 5.19. The molecule has 0 amide bonds. The fraction of sp³-hybridized carbons (Fsp3) is 0.429. The van der Waals surface area contributed by atoms with Crippen LogP contribution >= 0.6 is 0 Å². The van der Waals surface area contributed by atoms with Crippen LogP contribution < -0.4 is 15.2 Å². The minimum Gasteiger partial charge on any atom is -0.493 e. The van der Waals surface area contributed by atoms with E-state index in [0.717, 1.165) is 47.7 Å². The van der Waals surface area contributed by atoms with Crippen LogP contribution in [0, 0.1) is 11.8 Å². The van der Waals surface area contributed by atoms with Gasteiger partial charge in [-0.05, 0) is 72.9 Å². The Morgan fingerprint density at radius 3 is 1.67 bits per heavy atom. The van der Waals surface area contributed by atoms with Crippen LogP contribution in [-0.2, 0) is 0 Å². The van der Waals surface area contributed by atoms with Crippen molar-refractivity contribution in [2.45, 2.75) is 31.7 Å². The number of hydrogen-bond acceptors (Lipinski definition) is 3. The van der Waals surface area contributed by atoms with Crippen molar-refractivity contribution < 1.29 is 9.47 Å². The molecule has 0 bridgehead atoms. The first-order chi connectivity index (χ1) is 11.8. The summed E-state index contributed by atoms with van der Waals surface area (Å²) in [7, 11) is 0. The predicted molar refractivity (Wildman–Crippen MR) is 95.4 cm³/mol. The quantitative estimate of drug-likeness (QED) is 0.787. The standard InChI is InChI=1S/C21H25NO2/c22-21(17-3-1-5-19(11-17)23-13-15-7-8-15)18-4-2-6-20(12-18)24-14-16-9-10-16/h1-6,11-12,15-16,21H,7-10,13-14,22H2. The Balaban J connectivity index is 1.44. The van der Waals surface area contributed by atoms with Gasteiger partial charge in [-0.2, -0.15) is 0 Å². The van der Waals surface area contributed by atoms with E-state index in [2.05, 4.69) is 24.3 Å². The molecule has 0 aliphatic heterocycles. The fourth-order valence-electron chi connectivity index (χ4n) is 2.79. The van der Waals surface area contributed by atoms with E-state index in [-0.39, 0.29) is 6.04 Å². The van der Waals surface area contributed by atoms with Crippen molar-refractivity contribution in [1.82, 2.24) is 0 Å². The second-order valence-corrected chi connectivity index (χ2v) is 7.13. The van der Waals surface area contributed by atoms with Gasteiger partial charge in [0.25, 0.3) is 0 Å². The molecule has 2 aromatic carbocycles. The molecular formula is C21H25NO2. The molecule has 0 aromatic heterocycles. The lowest BCUT2D eigenvalue weighted by molar-refractivity contribution is 0.299. The smallest absolute Gasteiger partial charge is 0.119 e. The third kappa shape index (κ3) is 4.09. The molecule has 0 heterocycles. The molecule has 0 unspecified atom stereocenters. The van der Waals surface area contributed by atoms with E-state index >= 15 is 0 Å². The molecule has 2 saturated carbocycles. The summed E-state index contributed by atoms with van der Waals surface area (Å²) in [4.78, 5) is 0. The van der Waals surface area contributed by atoms with Crippen molar-refractivity contribution in [2.75, 3.05) is 13.2 Å². The molecular weight excluding hydrogens is 298 g/mol. The molecule has 2 fully saturated rings. The molecule has 24 heavy (non-hydrogen) atoms. The molecule has 0 radical (unpaired) electrons. The van der Waals surface area contributed by atoms with E-state index < -0.39 is 0 Å². The highest BCUT2D eigenvalue weighted by Crippen LogP contribution is 2.32. The third-order valence-corrected chi connectivity index (χ3v) is 4.80. The lowest BCUT2D eigenvalue weighted by Crippen LogP contribution is -2.12. The largest absolute Gasteiger partial charge is 0.493 e. The number of benzene rings is 2. The summed E-state index contributed by atoms with van der Waals surface area (Å²) < 4.78 is 11.7. The van der Waals surface area contributed by atoms with Crippen LogP contribution in [0.5, 0.6) is 11.5 Å². The van der Waals surface area contributed by atoms with Gasteiger partial charge in [-0.15, -0.1) is 0 Å². The van der Waals surface area contributed by atoms with Gasteiger partial charge in [-0.1, -0.05) is 24.3 Å². The zero-order valence-corrected chi connectivity index (χ0v) is 14.0. The molecule has 126 valence electrons. The first-order valence-corrected chi connectivity index (χ1v) is 8.99. The van der Waals surface area contributed by atoms with Gasteiger partial charge in [0.15, 0.2) is 0 Å². The molecule has 2 aromatic rings. The molecule has 2 aliphatic rings. The van der Waals surface area contributed by atoms with Crippen molar-refractivity contribution >= 4 is 0 Å². The molecule has 2 N–H and O–H groups in total. The number of nitrogens with two attached hydrogens (primary N) is 1. The van der Waals surface area contributed by atoms with Crippen molar-refractivity contribution in [2.24, 2.45) is 17.6 Å². The maximum atomic E-state index is 6.48. The minimum atomic E-state index is -0.168. The number of ether oxygens (including phenoxy) is 2. The van der Waals surface area contributed by atoms with Gasteiger partial charge < -0.3 is 15.2 Å². The van der Waals surface area contributed by atoms with E-state index in [1.807, 2.05) is 24.3 Å². The third-order valence-electron chi connectivity index (χ3n) is 4.80. The lowest BCUT2D eigenvalue weighted by Gasteiger charge is -2.15. The summed E-state index contributed by atoms with van der Waals surface area (Å²) >= 11 is 0. The van der Waals surface area contributed by atoms with Crippen LogP contribution in [0.15, 0.2) is 48.5 Å². The minimum absolute atomic E-state index is 0.168. The first-order valence-electron chi connectivity index (χ1n) is 8.99. The Labute approximate surface area is 143 Å². The Hall–Kier alpha value is -2.00. The lowest BCUT2D eigenvalue weighted by atomic mass is 9.99. The van der Waals surface area contributed by atoms with Crippen LogP contribution in [0.1, 0.15) is 42.9 Å². The van der Waals surface area contributed by atoms with E-state index in [0.29, 0.717) is 0 Å². The topological polar surface area (TPSA) is 44.5 Å². The maximum absolute atomic E-state index is 6.48. The maximum Gasteiger partial charge on any atom is 0.119 e. The van der Waals surface area contributed by atoms with Crippen LogP contribution in [0.3, 0.4) is 0 Å². The van der Waals surface area contributed by atoms with Crippen LogP contribution in [0.2, 0.25) is 0 Å². The van der Waals surface area contributed by atoms with Gasteiger partial charge in [-0.3, -0.25) is 0 Å². The van der Waals surface area contributed by atoms with Crippen LogP contribution in [-0.4, -0.2) is 13.2 Å². The average Bonchev–Trinajstić information content (AvgIpc) is 3.53. The molecule has 0 spiro atoms. The number of hydrogen-bond donors (Lipinski definition) is 1. The molecule has 0 saturated heterocycles. The zero-order chi connectivity index (χ0) is 16.4. The predicted octanol–water partition coefficient (Wildman–Crippen LogP) is 4.31. The highest BCUT2D eigenvalue weighted by atomic mass is 16.5. The summed E-state index contributed by atoms with van der Waals surface area (Å²) in [5, 5.41) is 0. The van der Waals surface area contributed by atoms with Crippen LogP contribution in [0.25, 0.3) is 0 Å². The summed E-state index contributed by atoms with van der Waals surface area (Å²) in [5.41, 5.74) is 8.62. The van der Waals surface area contributed by atoms with Gasteiger partial charge >= 0.3 is 0 Å². The monoisotopic (exact) mass is 323 g/mol. The van der Waals surface area contributed by atoms with Gasteiger partial charge in [-0.25, -0.2) is 0 Å². The Kier molecular flexibility index (Phi) is 4.44. The Morgan fingerprint density at radius 2 is 1.25 bits per heavy atom. The van der Waals surface area contributed by atoms with E-state index in [1.54, 1.807) is 0 Å².